The molecule has 166 valence electrons. The van der Waals surface area contributed by atoms with E-state index in [4.69, 9.17) is 9.47 Å². The molecule has 1 atom stereocenters. The highest BCUT2D eigenvalue weighted by atomic mass is 16.5. The molecule has 3 heterocycles. The zero-order valence-corrected chi connectivity index (χ0v) is 18.6. The number of carbonyl (C=O) groups is 1. The Morgan fingerprint density at radius 1 is 1.20 bits per heavy atom. The highest BCUT2D eigenvalue weighted by Crippen LogP contribution is 2.34. The van der Waals surface area contributed by atoms with E-state index in [9.17, 15) is 4.79 Å². The summed E-state index contributed by atoms with van der Waals surface area (Å²) in [6.07, 6.45) is 9.57. The van der Waals surface area contributed by atoms with Crippen molar-refractivity contribution in [3.05, 3.63) is 17.8 Å². The normalized spacial score (nSPS) is 25.6. The van der Waals surface area contributed by atoms with Gasteiger partial charge in [0.15, 0.2) is 5.78 Å². The molecule has 6 heteroatoms. The van der Waals surface area contributed by atoms with Gasteiger partial charge in [-0.15, -0.1) is 0 Å². The van der Waals surface area contributed by atoms with Gasteiger partial charge in [-0.1, -0.05) is 12.8 Å². The number of piperazine rings is 1. The van der Waals surface area contributed by atoms with E-state index in [1.807, 2.05) is 19.2 Å². The molecule has 0 radical (unpaired) electrons. The van der Waals surface area contributed by atoms with Crippen molar-refractivity contribution >= 4 is 11.6 Å². The van der Waals surface area contributed by atoms with Crippen LogP contribution in [-0.4, -0.2) is 68.2 Å². The van der Waals surface area contributed by atoms with E-state index in [0.29, 0.717) is 12.3 Å². The largest absolute Gasteiger partial charge is 0.493 e. The first kappa shape index (κ1) is 21.6. The molecule has 0 N–H and O–H groups in total. The monoisotopic (exact) mass is 415 g/mol. The smallest absolute Gasteiger partial charge is 0.161 e. The zero-order chi connectivity index (χ0) is 20.9. The van der Waals surface area contributed by atoms with Gasteiger partial charge in [0.2, 0.25) is 0 Å². The minimum Gasteiger partial charge on any atom is -0.493 e. The van der Waals surface area contributed by atoms with Crippen LogP contribution in [0.3, 0.4) is 0 Å². The van der Waals surface area contributed by atoms with Gasteiger partial charge in [0.05, 0.1) is 6.61 Å². The second-order valence-electron chi connectivity index (χ2n) is 9.26. The second kappa shape index (κ2) is 10.1. The summed E-state index contributed by atoms with van der Waals surface area (Å²) in [6, 6.07) is 1.99. The number of hydrogen-bond donors (Lipinski definition) is 0. The molecule has 1 saturated carbocycles. The first-order valence-corrected chi connectivity index (χ1v) is 11.8. The van der Waals surface area contributed by atoms with Crippen molar-refractivity contribution in [2.24, 2.45) is 11.8 Å². The Balaban J connectivity index is 1.16. The molecule has 2 aliphatic heterocycles. The molecule has 6 nitrogen and oxygen atoms in total. The molecule has 0 unspecified atom stereocenters. The highest BCUT2D eigenvalue weighted by Gasteiger charge is 2.27. The van der Waals surface area contributed by atoms with E-state index >= 15 is 0 Å². The van der Waals surface area contributed by atoms with Gasteiger partial charge in [0.1, 0.15) is 17.7 Å². The summed E-state index contributed by atoms with van der Waals surface area (Å²) in [7, 11) is 1.62. The summed E-state index contributed by atoms with van der Waals surface area (Å²) < 4.78 is 10.9. The lowest BCUT2D eigenvalue weighted by molar-refractivity contribution is -0.129. The number of aromatic nitrogens is 1. The van der Waals surface area contributed by atoms with Crippen LogP contribution in [-0.2, 0) is 16.0 Å². The molecule has 0 bridgehead atoms. The van der Waals surface area contributed by atoms with Gasteiger partial charge < -0.3 is 14.4 Å². The fraction of sp³-hybridized carbons (Fsp3) is 0.750. The standard InChI is InChI=1S/C24H37N3O3/c1-18(29-2)22(28)17-20-5-3-19(4-6-20)8-11-26-12-14-27(15-13-26)24-21-9-16-30-23(21)7-10-25-24/h7,10,18-20H,3-6,8-9,11-17H2,1-2H3/t18-,19?,20?/m1/s1. The molecular weight excluding hydrogens is 378 g/mol. The van der Waals surface area contributed by atoms with E-state index in [1.54, 1.807) is 7.11 Å². The molecule has 1 saturated heterocycles. The fourth-order valence-corrected chi connectivity index (χ4v) is 5.22. The molecule has 4 rings (SSSR count). The number of rotatable bonds is 8. The number of fused-ring (bicyclic) bond motifs is 1. The predicted octanol–water partition coefficient (Wildman–Crippen LogP) is 3.33. The number of Topliss-reactive ketones (excluding diaryl/α,β-unsaturated/α-hetero) is 1. The van der Waals surface area contributed by atoms with E-state index < -0.39 is 0 Å². The number of hydrogen-bond acceptors (Lipinski definition) is 6. The third-order valence-electron chi connectivity index (χ3n) is 7.39. The van der Waals surface area contributed by atoms with Crippen molar-refractivity contribution in [3.63, 3.8) is 0 Å². The van der Waals surface area contributed by atoms with Crippen molar-refractivity contribution in [3.8, 4) is 5.75 Å². The first-order valence-electron chi connectivity index (χ1n) is 11.8. The van der Waals surface area contributed by atoms with Gasteiger partial charge in [-0.05, 0) is 50.6 Å². The maximum absolute atomic E-state index is 12.1. The molecule has 2 fully saturated rings. The minimum absolute atomic E-state index is 0.249. The van der Waals surface area contributed by atoms with Gasteiger partial charge in [0.25, 0.3) is 0 Å². The fourth-order valence-electron chi connectivity index (χ4n) is 5.22. The Kier molecular flexibility index (Phi) is 7.26. The third kappa shape index (κ3) is 5.14. The minimum atomic E-state index is -0.249. The summed E-state index contributed by atoms with van der Waals surface area (Å²) in [5.74, 6) is 3.82. The number of ketones is 1. The van der Waals surface area contributed by atoms with E-state index in [1.165, 1.54) is 44.2 Å². The Labute approximate surface area is 180 Å². The van der Waals surface area contributed by atoms with Crippen molar-refractivity contribution in [2.75, 3.05) is 51.3 Å². The summed E-state index contributed by atoms with van der Waals surface area (Å²) in [4.78, 5) is 21.8. The molecule has 1 aromatic rings. The van der Waals surface area contributed by atoms with Crippen LogP contribution in [0, 0.1) is 11.8 Å². The average molecular weight is 416 g/mol. The molecule has 0 amide bonds. The Hall–Kier alpha value is -1.66. The lowest BCUT2D eigenvalue weighted by atomic mass is 9.78. The Morgan fingerprint density at radius 3 is 2.67 bits per heavy atom. The molecule has 30 heavy (non-hydrogen) atoms. The molecule has 3 aliphatic rings. The number of carbonyl (C=O) groups excluding carboxylic acids is 1. The number of anilines is 1. The van der Waals surface area contributed by atoms with Crippen LogP contribution >= 0.6 is 0 Å². The van der Waals surface area contributed by atoms with Crippen molar-refractivity contribution in [2.45, 2.75) is 58.0 Å². The van der Waals surface area contributed by atoms with Gasteiger partial charge >= 0.3 is 0 Å². The molecule has 0 spiro atoms. The van der Waals surface area contributed by atoms with Crippen LogP contribution in [0.5, 0.6) is 5.75 Å². The maximum atomic E-state index is 12.1. The maximum Gasteiger partial charge on any atom is 0.161 e. The number of nitrogens with zero attached hydrogens (tertiary/aromatic N) is 3. The molecule has 1 aliphatic carbocycles. The first-order chi connectivity index (χ1) is 14.6. The summed E-state index contributed by atoms with van der Waals surface area (Å²) >= 11 is 0. The van der Waals surface area contributed by atoms with Gasteiger partial charge in [-0.2, -0.15) is 0 Å². The molecule has 0 aromatic carbocycles. The zero-order valence-electron chi connectivity index (χ0n) is 18.6. The number of pyridine rings is 1. The molecule has 1 aromatic heterocycles. The number of ether oxygens (including phenoxy) is 2. The van der Waals surface area contributed by atoms with Crippen LogP contribution in [0.1, 0.15) is 51.0 Å². The van der Waals surface area contributed by atoms with Gasteiger partial charge in [-0.3, -0.25) is 9.69 Å². The summed E-state index contributed by atoms with van der Waals surface area (Å²) in [6.45, 7) is 8.19. The lowest BCUT2D eigenvalue weighted by Gasteiger charge is -2.37. The number of methoxy groups -OCH3 is 1. The third-order valence-corrected chi connectivity index (χ3v) is 7.39. The van der Waals surface area contributed by atoms with Crippen LogP contribution in [0.2, 0.25) is 0 Å². The lowest BCUT2D eigenvalue weighted by Crippen LogP contribution is -2.47. The van der Waals surface area contributed by atoms with E-state index in [-0.39, 0.29) is 11.9 Å². The van der Waals surface area contributed by atoms with Crippen LogP contribution in [0.15, 0.2) is 12.3 Å². The van der Waals surface area contributed by atoms with Crippen LogP contribution < -0.4 is 9.64 Å². The molecular formula is C24H37N3O3. The van der Waals surface area contributed by atoms with Crippen LogP contribution in [0.25, 0.3) is 0 Å². The van der Waals surface area contributed by atoms with Crippen molar-refractivity contribution < 1.29 is 14.3 Å². The Bertz CT molecular complexity index is 710. The average Bonchev–Trinajstić information content (AvgIpc) is 3.27. The van der Waals surface area contributed by atoms with E-state index in [2.05, 4.69) is 14.8 Å². The van der Waals surface area contributed by atoms with Gasteiger partial charge in [0, 0.05) is 57.9 Å². The van der Waals surface area contributed by atoms with Crippen molar-refractivity contribution in [1.82, 2.24) is 9.88 Å². The predicted molar refractivity (Wildman–Crippen MR) is 118 cm³/mol. The van der Waals surface area contributed by atoms with Crippen molar-refractivity contribution in [1.29, 1.82) is 0 Å². The van der Waals surface area contributed by atoms with Crippen LogP contribution in [0.4, 0.5) is 5.82 Å². The quantitative estimate of drug-likeness (QED) is 0.649. The van der Waals surface area contributed by atoms with E-state index in [0.717, 1.165) is 56.7 Å². The summed E-state index contributed by atoms with van der Waals surface area (Å²) in [5, 5.41) is 0. The van der Waals surface area contributed by atoms with Gasteiger partial charge in [-0.25, -0.2) is 4.98 Å². The highest BCUT2D eigenvalue weighted by molar-refractivity contribution is 5.82. The topological polar surface area (TPSA) is 54.9 Å². The second-order valence-corrected chi connectivity index (χ2v) is 9.26. The SMILES string of the molecule is CO[C@H](C)C(=O)CC1CCC(CCN2CCN(c3nccc4c3CCO4)CC2)CC1. The Morgan fingerprint density at radius 2 is 1.93 bits per heavy atom. The summed E-state index contributed by atoms with van der Waals surface area (Å²) in [5.41, 5.74) is 1.29.